The molecule has 0 rings (SSSR count). The standard InChI is InChI=1S/C49H82O6/c1-4-7-10-13-16-17-18-19-20-21-22-23-24-25-26-27-28-29-30-31-32-33-34-37-39-42-48(51)54-45-46(55-49(52)43-40-36-15-12-9-6-3)44-53-47(50)41-38-35-14-11-8-5-2/h7,10,16-17,19-20,22-23,25-26,28-29,46H,4-6,8-9,11-15,18,21,24,27,30-45H2,1-3H3/b10-7-,17-16-,20-19-,23-22-,26-25-,29-28-. The Morgan fingerprint density at radius 1 is 0.382 bits per heavy atom. The molecule has 0 heterocycles. The third-order valence-electron chi connectivity index (χ3n) is 9.23. The number of esters is 3. The SMILES string of the molecule is CC/C=C\C/C=C\C/C=C\C/C=C\C/C=C\C/C=C\CCCCCCCCC(=O)OCC(COC(=O)CCCCCCCC)OC(=O)CCCCCCCC. The van der Waals surface area contributed by atoms with Crippen molar-refractivity contribution in [3.05, 3.63) is 72.9 Å². The van der Waals surface area contributed by atoms with E-state index in [-0.39, 0.29) is 31.1 Å². The predicted octanol–water partition coefficient (Wildman–Crippen LogP) is 14.3. The minimum atomic E-state index is -0.772. The summed E-state index contributed by atoms with van der Waals surface area (Å²) in [4.78, 5) is 37.3. The van der Waals surface area contributed by atoms with Gasteiger partial charge in [0, 0.05) is 19.3 Å². The molecule has 1 atom stereocenters. The first-order valence-electron chi connectivity index (χ1n) is 22.4. The van der Waals surface area contributed by atoms with Crippen molar-refractivity contribution >= 4 is 17.9 Å². The van der Waals surface area contributed by atoms with E-state index >= 15 is 0 Å². The van der Waals surface area contributed by atoms with Gasteiger partial charge in [-0.3, -0.25) is 14.4 Å². The van der Waals surface area contributed by atoms with Gasteiger partial charge in [-0.2, -0.15) is 0 Å². The molecule has 0 spiro atoms. The maximum atomic E-state index is 12.5. The van der Waals surface area contributed by atoms with E-state index < -0.39 is 6.10 Å². The van der Waals surface area contributed by atoms with Crippen molar-refractivity contribution in [3.8, 4) is 0 Å². The molecule has 6 nitrogen and oxygen atoms in total. The highest BCUT2D eigenvalue weighted by Crippen LogP contribution is 2.12. The topological polar surface area (TPSA) is 78.9 Å². The number of carbonyl (C=O) groups excluding carboxylic acids is 3. The van der Waals surface area contributed by atoms with E-state index in [2.05, 4.69) is 93.7 Å². The highest BCUT2D eigenvalue weighted by molar-refractivity contribution is 5.71. The summed E-state index contributed by atoms with van der Waals surface area (Å²) in [5.41, 5.74) is 0. The zero-order valence-corrected chi connectivity index (χ0v) is 35.7. The summed E-state index contributed by atoms with van der Waals surface area (Å²) >= 11 is 0. The Hall–Kier alpha value is -3.15. The number of hydrogen-bond acceptors (Lipinski definition) is 6. The summed E-state index contributed by atoms with van der Waals surface area (Å²) in [6.07, 6.45) is 53.6. The van der Waals surface area contributed by atoms with Crippen molar-refractivity contribution in [1.82, 2.24) is 0 Å². The average molecular weight is 767 g/mol. The molecule has 6 heteroatoms. The molecular weight excluding hydrogens is 685 g/mol. The molecule has 1 unspecified atom stereocenters. The number of ether oxygens (including phenoxy) is 3. The van der Waals surface area contributed by atoms with Crippen LogP contribution in [0.4, 0.5) is 0 Å². The lowest BCUT2D eigenvalue weighted by Crippen LogP contribution is -2.30. The predicted molar refractivity (Wildman–Crippen MR) is 233 cm³/mol. The van der Waals surface area contributed by atoms with Gasteiger partial charge in [0.2, 0.25) is 0 Å². The molecule has 0 N–H and O–H groups in total. The van der Waals surface area contributed by atoms with Crippen molar-refractivity contribution in [2.45, 2.75) is 207 Å². The number of hydrogen-bond donors (Lipinski definition) is 0. The number of unbranched alkanes of at least 4 members (excludes halogenated alkanes) is 16. The summed E-state index contributed by atoms with van der Waals surface area (Å²) in [5, 5.41) is 0. The smallest absolute Gasteiger partial charge is 0.306 e. The van der Waals surface area contributed by atoms with Gasteiger partial charge in [-0.1, -0.05) is 184 Å². The summed E-state index contributed by atoms with van der Waals surface area (Å²) in [7, 11) is 0. The van der Waals surface area contributed by atoms with Gasteiger partial charge >= 0.3 is 17.9 Å². The Bertz CT molecular complexity index is 1070. The molecule has 0 aliphatic carbocycles. The molecule has 55 heavy (non-hydrogen) atoms. The molecular formula is C49H82O6. The Balaban J connectivity index is 4.09. The molecule has 0 radical (unpaired) electrons. The van der Waals surface area contributed by atoms with Gasteiger partial charge < -0.3 is 14.2 Å². The lowest BCUT2D eigenvalue weighted by Gasteiger charge is -2.18. The molecule has 314 valence electrons. The molecule has 0 aromatic rings. The van der Waals surface area contributed by atoms with Crippen molar-refractivity contribution < 1.29 is 28.6 Å². The minimum absolute atomic E-state index is 0.0806. The van der Waals surface area contributed by atoms with Gasteiger partial charge in [0.05, 0.1) is 0 Å². The van der Waals surface area contributed by atoms with Crippen molar-refractivity contribution in [2.75, 3.05) is 13.2 Å². The first-order chi connectivity index (χ1) is 27.0. The van der Waals surface area contributed by atoms with E-state index in [9.17, 15) is 14.4 Å². The van der Waals surface area contributed by atoms with E-state index in [1.165, 1.54) is 57.8 Å². The second-order valence-corrected chi connectivity index (χ2v) is 14.6. The van der Waals surface area contributed by atoms with E-state index in [0.717, 1.165) is 103 Å². The van der Waals surface area contributed by atoms with Crippen LogP contribution in [0.5, 0.6) is 0 Å². The Kier molecular flexibility index (Phi) is 41.1. The van der Waals surface area contributed by atoms with Crippen LogP contribution in [0.3, 0.4) is 0 Å². The van der Waals surface area contributed by atoms with E-state index in [1.807, 2.05) is 0 Å². The molecule has 0 saturated heterocycles. The maximum Gasteiger partial charge on any atom is 0.306 e. The summed E-state index contributed by atoms with van der Waals surface area (Å²) in [5.74, 6) is -0.923. The van der Waals surface area contributed by atoms with Crippen LogP contribution < -0.4 is 0 Å². The van der Waals surface area contributed by atoms with Gasteiger partial charge in [0.15, 0.2) is 6.10 Å². The molecule has 0 aliphatic rings. The Morgan fingerprint density at radius 3 is 1.11 bits per heavy atom. The Morgan fingerprint density at radius 2 is 0.709 bits per heavy atom. The fourth-order valence-electron chi connectivity index (χ4n) is 5.85. The molecule has 0 bridgehead atoms. The van der Waals surface area contributed by atoms with Crippen LogP contribution in [0.15, 0.2) is 72.9 Å². The fourth-order valence-corrected chi connectivity index (χ4v) is 5.85. The van der Waals surface area contributed by atoms with E-state index in [1.54, 1.807) is 0 Å². The number of carbonyl (C=O) groups is 3. The van der Waals surface area contributed by atoms with Crippen molar-refractivity contribution in [1.29, 1.82) is 0 Å². The normalized spacial score (nSPS) is 12.7. The van der Waals surface area contributed by atoms with Crippen LogP contribution in [0.2, 0.25) is 0 Å². The summed E-state index contributed by atoms with van der Waals surface area (Å²) < 4.78 is 16.5. The second kappa shape index (κ2) is 43.6. The number of rotatable bonds is 39. The highest BCUT2D eigenvalue weighted by atomic mass is 16.6. The van der Waals surface area contributed by atoms with Gasteiger partial charge in [0.25, 0.3) is 0 Å². The molecule has 0 fully saturated rings. The first-order valence-corrected chi connectivity index (χ1v) is 22.4. The van der Waals surface area contributed by atoms with Crippen molar-refractivity contribution in [3.63, 3.8) is 0 Å². The van der Waals surface area contributed by atoms with Crippen molar-refractivity contribution in [2.24, 2.45) is 0 Å². The molecule has 0 aromatic carbocycles. The molecule has 0 aromatic heterocycles. The van der Waals surface area contributed by atoms with Gasteiger partial charge in [0.1, 0.15) is 13.2 Å². The zero-order valence-electron chi connectivity index (χ0n) is 35.7. The fraction of sp³-hybridized carbons (Fsp3) is 0.694. The highest BCUT2D eigenvalue weighted by Gasteiger charge is 2.19. The Labute approximate surface area is 338 Å². The quantitative estimate of drug-likeness (QED) is 0.0268. The first kappa shape index (κ1) is 51.9. The number of allylic oxidation sites excluding steroid dienone is 12. The lowest BCUT2D eigenvalue weighted by molar-refractivity contribution is -0.167. The third kappa shape index (κ3) is 41.8. The zero-order chi connectivity index (χ0) is 40.1. The van der Waals surface area contributed by atoms with Crippen LogP contribution in [0.1, 0.15) is 201 Å². The van der Waals surface area contributed by atoms with Gasteiger partial charge in [-0.15, -0.1) is 0 Å². The van der Waals surface area contributed by atoms with Crippen LogP contribution >= 0.6 is 0 Å². The second-order valence-electron chi connectivity index (χ2n) is 14.6. The largest absolute Gasteiger partial charge is 0.462 e. The van der Waals surface area contributed by atoms with E-state index in [0.29, 0.717) is 19.3 Å². The maximum absolute atomic E-state index is 12.5. The monoisotopic (exact) mass is 767 g/mol. The molecule has 0 saturated carbocycles. The summed E-state index contributed by atoms with van der Waals surface area (Å²) in [6, 6.07) is 0. The van der Waals surface area contributed by atoms with Gasteiger partial charge in [-0.25, -0.2) is 0 Å². The summed E-state index contributed by atoms with van der Waals surface area (Å²) in [6.45, 7) is 6.36. The van der Waals surface area contributed by atoms with E-state index in [4.69, 9.17) is 14.2 Å². The minimum Gasteiger partial charge on any atom is -0.462 e. The lowest BCUT2D eigenvalue weighted by atomic mass is 10.1. The van der Waals surface area contributed by atoms with Crippen LogP contribution in [-0.2, 0) is 28.6 Å². The molecule has 0 aliphatic heterocycles. The van der Waals surface area contributed by atoms with Crippen LogP contribution in [-0.4, -0.2) is 37.2 Å². The van der Waals surface area contributed by atoms with Crippen LogP contribution in [0, 0.1) is 0 Å². The van der Waals surface area contributed by atoms with Gasteiger partial charge in [-0.05, 0) is 70.6 Å². The van der Waals surface area contributed by atoms with Crippen LogP contribution in [0.25, 0.3) is 0 Å². The average Bonchev–Trinajstić information content (AvgIpc) is 3.18. The third-order valence-corrected chi connectivity index (χ3v) is 9.23. The molecule has 0 amide bonds.